The first-order chi connectivity index (χ1) is 19.8. The molecule has 1 aromatic heterocycles. The molecule has 0 radical (unpaired) electrons. The second-order valence-electron chi connectivity index (χ2n) is 9.22. The summed E-state index contributed by atoms with van der Waals surface area (Å²) in [5, 5.41) is 4.73. The van der Waals surface area contributed by atoms with Crippen LogP contribution in [0.2, 0.25) is 0 Å². The Kier molecular flexibility index (Phi) is 8.46. The third-order valence-corrected chi connectivity index (χ3v) is 11.2. The minimum atomic E-state index is -5.02. The van der Waals surface area contributed by atoms with E-state index in [-0.39, 0.29) is 19.0 Å². The van der Waals surface area contributed by atoms with E-state index in [2.05, 4.69) is 119 Å². The molecule has 6 rings (SSSR count). The molecular weight excluding hydrogens is 561 g/mol. The number of fused-ring (bicyclic) bond motifs is 2. The molecule has 210 valence electrons. The molecule has 2 aliphatic heterocycles. The Morgan fingerprint density at radius 2 is 1.49 bits per heavy atom. The number of hydrogen-bond donors (Lipinski definition) is 0. The Balaban J connectivity index is 0.000000166. The summed E-state index contributed by atoms with van der Waals surface area (Å²) in [4.78, 5) is 17.1. The maximum Gasteiger partial charge on any atom is 0.346 e. The first kappa shape index (κ1) is 28.4. The van der Waals surface area contributed by atoms with Crippen LogP contribution in [0.1, 0.15) is 12.8 Å². The molecule has 11 heteroatoms. The predicted molar refractivity (Wildman–Crippen MR) is 158 cm³/mol. The van der Waals surface area contributed by atoms with Crippen LogP contribution in [-0.4, -0.2) is 53.1 Å². The van der Waals surface area contributed by atoms with Crippen LogP contribution < -0.4 is 15.9 Å². The number of amides is 2. The Labute approximate surface area is 239 Å². The van der Waals surface area contributed by atoms with Gasteiger partial charge in [0, 0.05) is 12.1 Å². The number of urea groups is 1. The number of oxazole rings is 1. The molecule has 9 nitrogen and oxygen atoms in total. The zero-order valence-corrected chi connectivity index (χ0v) is 23.9. The van der Waals surface area contributed by atoms with Crippen LogP contribution in [0.25, 0.3) is 5.57 Å². The number of nitrogens with zero attached hydrogens (tertiary/aromatic N) is 3. The zero-order chi connectivity index (χ0) is 28.9. The maximum absolute atomic E-state index is 11.8. The van der Waals surface area contributed by atoms with E-state index in [1.54, 1.807) is 6.08 Å². The molecular formula is C30H28N3O6PS. The lowest BCUT2D eigenvalue weighted by molar-refractivity contribution is -0.0175. The molecule has 2 amide bonds. The molecule has 4 aromatic rings. The summed E-state index contributed by atoms with van der Waals surface area (Å²) in [6.07, 6.45) is 6.66. The number of aromatic nitrogens is 1. The average molecular weight is 590 g/mol. The van der Waals surface area contributed by atoms with Crippen LogP contribution in [0.5, 0.6) is 0 Å². The van der Waals surface area contributed by atoms with Crippen molar-refractivity contribution in [1.82, 2.24) is 14.9 Å². The van der Waals surface area contributed by atoms with Crippen molar-refractivity contribution >= 4 is 45.2 Å². The van der Waals surface area contributed by atoms with Crippen molar-refractivity contribution < 1.29 is 26.5 Å². The van der Waals surface area contributed by atoms with E-state index in [4.69, 9.17) is 4.42 Å². The number of carbonyl (C=O) groups is 1. The molecule has 2 aliphatic rings. The summed E-state index contributed by atoms with van der Waals surface area (Å²) in [7, 11) is -6.75. The molecule has 1 atom stereocenters. The van der Waals surface area contributed by atoms with E-state index in [1.165, 1.54) is 33.3 Å². The molecule has 2 bridgehead atoms. The highest BCUT2D eigenvalue weighted by atomic mass is 32.3. The highest BCUT2D eigenvalue weighted by Gasteiger charge is 2.45. The minimum absolute atomic E-state index is 0.211. The van der Waals surface area contributed by atoms with Gasteiger partial charge in [0.1, 0.15) is 35.5 Å². The predicted octanol–water partition coefficient (Wildman–Crippen LogP) is 4.08. The van der Waals surface area contributed by atoms with Crippen LogP contribution in [0.15, 0.2) is 126 Å². The van der Waals surface area contributed by atoms with Crippen molar-refractivity contribution in [3.63, 3.8) is 0 Å². The molecule has 0 spiro atoms. The first-order valence-electron chi connectivity index (χ1n) is 12.9. The Bertz CT molecular complexity index is 1530. The van der Waals surface area contributed by atoms with E-state index in [0.29, 0.717) is 10.6 Å². The van der Waals surface area contributed by atoms with Crippen molar-refractivity contribution in [2.24, 2.45) is 0 Å². The fourth-order valence-electron chi connectivity index (χ4n) is 5.05. The number of hydrogen-bond acceptors (Lipinski definition) is 7. The van der Waals surface area contributed by atoms with Crippen molar-refractivity contribution in [3.05, 3.63) is 127 Å². The third kappa shape index (κ3) is 6.01. The van der Waals surface area contributed by atoms with Crippen LogP contribution in [-0.2, 0) is 14.7 Å². The molecule has 3 heterocycles. The molecule has 0 N–H and O–H groups in total. The summed E-state index contributed by atoms with van der Waals surface area (Å²) >= 11 is 0. The van der Waals surface area contributed by atoms with E-state index >= 15 is 0 Å². The van der Waals surface area contributed by atoms with Gasteiger partial charge in [-0.25, -0.2) is 18.2 Å². The summed E-state index contributed by atoms with van der Waals surface area (Å²) in [6, 6.07) is 31.2. The van der Waals surface area contributed by atoms with Crippen LogP contribution >= 0.6 is 7.26 Å². The van der Waals surface area contributed by atoms with Gasteiger partial charge in [-0.2, -0.15) is 9.35 Å². The van der Waals surface area contributed by atoms with Crippen molar-refractivity contribution in [2.75, 3.05) is 13.1 Å². The van der Waals surface area contributed by atoms with E-state index in [9.17, 15) is 17.8 Å². The summed E-state index contributed by atoms with van der Waals surface area (Å²) in [5.74, 6) is 2.67. The van der Waals surface area contributed by atoms with Crippen LogP contribution in [0, 0.1) is 0 Å². The van der Waals surface area contributed by atoms with Gasteiger partial charge in [0.15, 0.2) is 0 Å². The quantitative estimate of drug-likeness (QED) is 0.181. The van der Waals surface area contributed by atoms with Gasteiger partial charge in [-0.15, -0.1) is 0 Å². The minimum Gasteiger partial charge on any atom is -0.724 e. The van der Waals surface area contributed by atoms with Crippen LogP contribution in [0.4, 0.5) is 4.79 Å². The van der Waals surface area contributed by atoms with Crippen LogP contribution in [0.3, 0.4) is 0 Å². The fraction of sp³-hybridized carbons (Fsp3) is 0.133. The Morgan fingerprint density at radius 3 is 1.93 bits per heavy atom. The molecule has 1 saturated heterocycles. The topological polar surface area (TPSA) is 116 Å². The lowest BCUT2D eigenvalue weighted by Crippen LogP contribution is -2.36. The monoisotopic (exact) mass is 589 g/mol. The van der Waals surface area contributed by atoms with Gasteiger partial charge in [0.05, 0.1) is 18.6 Å². The number of allylic oxidation sites excluding steroid dienone is 1. The van der Waals surface area contributed by atoms with Crippen molar-refractivity contribution in [2.45, 2.75) is 13.0 Å². The first-order valence-corrected chi connectivity index (χ1v) is 16.1. The van der Waals surface area contributed by atoms with Gasteiger partial charge in [-0.3, -0.25) is 0 Å². The van der Waals surface area contributed by atoms with Gasteiger partial charge in [-0.05, 0) is 43.3 Å². The second kappa shape index (κ2) is 12.2. The third-order valence-electron chi connectivity index (χ3n) is 6.74. The highest BCUT2D eigenvalue weighted by Crippen LogP contribution is 2.56. The number of benzene rings is 3. The number of carbonyl (C=O) groups excluding carboxylic acids is 1. The molecule has 0 saturated carbocycles. The standard InChI is InChI=1S/C21H20P.C9H9N3O6S/c1-2-18-22(19-12-6-3-7-13-19,20-14-8-4-9-15-20)21-16-10-5-11-17-21;13-9-11-3-1-6(8-10-2-4-17-8)7(5-11)12(9)18-19(14,15)16/h2-18H,1H3;1-2,4,7H,3,5H2,(H,14,15,16)/q+1;/p-1/b18-2-;. The molecule has 41 heavy (non-hydrogen) atoms. The second-order valence-corrected chi connectivity index (χ2v) is 13.5. The summed E-state index contributed by atoms with van der Waals surface area (Å²) in [6.45, 7) is 2.60. The zero-order valence-electron chi connectivity index (χ0n) is 22.2. The van der Waals surface area contributed by atoms with Gasteiger partial charge < -0.3 is 13.9 Å². The van der Waals surface area contributed by atoms with Gasteiger partial charge >= 0.3 is 6.03 Å². The van der Waals surface area contributed by atoms with Gasteiger partial charge in [0.2, 0.25) is 16.3 Å². The Morgan fingerprint density at radius 1 is 0.951 bits per heavy atom. The summed E-state index contributed by atoms with van der Waals surface area (Å²) < 4.78 is 41.3. The van der Waals surface area contributed by atoms with Crippen molar-refractivity contribution in [1.29, 1.82) is 0 Å². The number of rotatable bonds is 7. The molecule has 0 aliphatic carbocycles. The molecule has 3 aromatic carbocycles. The Hall–Kier alpha value is -4.08. The summed E-state index contributed by atoms with van der Waals surface area (Å²) in [5.41, 5.74) is 0.510. The van der Waals surface area contributed by atoms with Gasteiger partial charge in [-0.1, -0.05) is 66.7 Å². The maximum atomic E-state index is 11.8. The highest BCUT2D eigenvalue weighted by molar-refractivity contribution is 7.98. The SMILES string of the molecule is C/C=C\[P+](c1ccccc1)(c1ccccc1)c1ccccc1.O=C1N2CC=C(c3ncco3)C(C2)N1OS(=O)(=O)[O-]. The lowest BCUT2D eigenvalue weighted by Gasteiger charge is -2.23. The molecule has 1 unspecified atom stereocenters. The average Bonchev–Trinajstić information content (AvgIpc) is 3.61. The largest absolute Gasteiger partial charge is 0.724 e. The van der Waals surface area contributed by atoms with E-state index in [1.807, 2.05) is 0 Å². The van der Waals surface area contributed by atoms with Crippen molar-refractivity contribution in [3.8, 4) is 0 Å². The fourth-order valence-corrected chi connectivity index (χ4v) is 9.20. The number of hydroxylamine groups is 2. The lowest BCUT2D eigenvalue weighted by atomic mass is 10.0. The molecule has 1 fully saturated rings. The normalized spacial score (nSPS) is 16.9. The van der Waals surface area contributed by atoms with E-state index in [0.717, 1.165) is 0 Å². The smallest absolute Gasteiger partial charge is 0.346 e. The van der Waals surface area contributed by atoms with Gasteiger partial charge in [0.25, 0.3) is 0 Å². The van der Waals surface area contributed by atoms with E-state index < -0.39 is 29.7 Å².